The zero-order valence-corrected chi connectivity index (χ0v) is 11.1. The van der Waals surface area contributed by atoms with Crippen molar-refractivity contribution >= 4 is 23.2 Å². The van der Waals surface area contributed by atoms with Gasteiger partial charge in [0.1, 0.15) is 5.82 Å². The molecule has 21 heavy (non-hydrogen) atoms. The molecule has 7 heteroatoms. The number of hydrogen-bond donors (Lipinski definition) is 3. The summed E-state index contributed by atoms with van der Waals surface area (Å²) in [5, 5.41) is 4.83. The van der Waals surface area contributed by atoms with Gasteiger partial charge in [-0.3, -0.25) is 14.4 Å². The Morgan fingerprint density at radius 3 is 2.57 bits per heavy atom. The Morgan fingerprint density at radius 2 is 1.90 bits per heavy atom. The summed E-state index contributed by atoms with van der Waals surface area (Å²) in [6.45, 7) is 1.25. The van der Waals surface area contributed by atoms with Gasteiger partial charge in [-0.1, -0.05) is 0 Å². The number of rotatable bonds is 3. The molecule has 1 heterocycles. The minimum atomic E-state index is -0.612. The lowest BCUT2D eigenvalue weighted by atomic mass is 10.2. The van der Waals surface area contributed by atoms with Crippen LogP contribution < -0.4 is 16.2 Å². The Bertz CT molecular complexity index is 755. The van der Waals surface area contributed by atoms with Crippen LogP contribution in [0.25, 0.3) is 0 Å². The summed E-state index contributed by atoms with van der Waals surface area (Å²) >= 11 is 0. The number of anilines is 2. The maximum atomic E-state index is 13.5. The van der Waals surface area contributed by atoms with E-state index in [0.717, 1.165) is 12.1 Å². The first-order valence-electron chi connectivity index (χ1n) is 6.03. The van der Waals surface area contributed by atoms with Crippen LogP contribution in [0.2, 0.25) is 0 Å². The van der Waals surface area contributed by atoms with Gasteiger partial charge in [0.25, 0.3) is 5.91 Å². The van der Waals surface area contributed by atoms with Crippen molar-refractivity contribution < 1.29 is 14.0 Å². The summed E-state index contributed by atoms with van der Waals surface area (Å²) in [6, 6.07) is 6.36. The van der Waals surface area contributed by atoms with Crippen molar-refractivity contribution in [3.63, 3.8) is 0 Å². The topological polar surface area (TPSA) is 91.1 Å². The molecule has 0 atom stereocenters. The highest BCUT2D eigenvalue weighted by Gasteiger charge is 2.09. The van der Waals surface area contributed by atoms with Crippen LogP contribution in [0.5, 0.6) is 0 Å². The lowest BCUT2D eigenvalue weighted by Crippen LogP contribution is -2.16. The number of aromatic amines is 1. The van der Waals surface area contributed by atoms with Gasteiger partial charge in [-0.15, -0.1) is 0 Å². The molecule has 108 valence electrons. The van der Waals surface area contributed by atoms with E-state index in [1.807, 2.05) is 0 Å². The predicted molar refractivity (Wildman–Crippen MR) is 75.7 cm³/mol. The molecule has 2 rings (SSSR count). The molecule has 0 saturated heterocycles. The van der Waals surface area contributed by atoms with E-state index in [9.17, 15) is 18.8 Å². The van der Waals surface area contributed by atoms with Gasteiger partial charge in [0.05, 0.1) is 5.69 Å². The molecule has 0 radical (unpaired) electrons. The fourth-order valence-electron chi connectivity index (χ4n) is 1.68. The number of H-pyrrole nitrogens is 1. The number of carbonyl (C=O) groups is 2. The van der Waals surface area contributed by atoms with Crippen LogP contribution in [-0.2, 0) is 4.79 Å². The van der Waals surface area contributed by atoms with Crippen LogP contribution in [0.15, 0.2) is 41.3 Å². The van der Waals surface area contributed by atoms with Crippen LogP contribution >= 0.6 is 0 Å². The monoisotopic (exact) mass is 289 g/mol. The molecule has 0 aliphatic rings. The average Bonchev–Trinajstić information content (AvgIpc) is 2.42. The minimum absolute atomic E-state index is 0.0359. The number of hydrogen-bond acceptors (Lipinski definition) is 3. The molecule has 1 aromatic heterocycles. The van der Waals surface area contributed by atoms with E-state index in [4.69, 9.17) is 0 Å². The quantitative estimate of drug-likeness (QED) is 0.803. The summed E-state index contributed by atoms with van der Waals surface area (Å²) in [7, 11) is 0. The maximum absolute atomic E-state index is 13.5. The van der Waals surface area contributed by atoms with E-state index in [-0.39, 0.29) is 11.3 Å². The number of carbonyl (C=O) groups excluding carboxylic acids is 2. The van der Waals surface area contributed by atoms with Crippen molar-refractivity contribution in [1.82, 2.24) is 4.98 Å². The zero-order chi connectivity index (χ0) is 15.4. The first-order chi connectivity index (χ1) is 9.95. The molecule has 0 spiro atoms. The largest absolute Gasteiger partial charge is 0.329 e. The molecule has 0 unspecified atom stereocenters. The summed E-state index contributed by atoms with van der Waals surface area (Å²) in [5.74, 6) is -1.55. The molecule has 0 aliphatic carbocycles. The number of nitrogens with one attached hydrogen (secondary N) is 3. The van der Waals surface area contributed by atoms with E-state index in [1.54, 1.807) is 0 Å². The molecular formula is C14H12FN3O3. The Morgan fingerprint density at radius 1 is 1.14 bits per heavy atom. The van der Waals surface area contributed by atoms with Crippen molar-refractivity contribution in [2.24, 2.45) is 0 Å². The highest BCUT2D eigenvalue weighted by atomic mass is 19.1. The number of benzene rings is 1. The Labute approximate surface area is 119 Å². The van der Waals surface area contributed by atoms with Gasteiger partial charge < -0.3 is 15.6 Å². The van der Waals surface area contributed by atoms with E-state index < -0.39 is 23.2 Å². The summed E-state index contributed by atoms with van der Waals surface area (Å²) in [4.78, 5) is 36.4. The van der Waals surface area contributed by atoms with E-state index >= 15 is 0 Å². The van der Waals surface area contributed by atoms with E-state index in [0.29, 0.717) is 5.69 Å². The lowest BCUT2D eigenvalue weighted by molar-refractivity contribution is -0.114. The fourth-order valence-corrected chi connectivity index (χ4v) is 1.68. The van der Waals surface area contributed by atoms with Crippen molar-refractivity contribution in [2.45, 2.75) is 6.92 Å². The lowest BCUT2D eigenvalue weighted by Gasteiger charge is -2.08. The molecule has 0 fully saturated rings. The molecule has 0 aliphatic heterocycles. The molecule has 6 nitrogen and oxygen atoms in total. The van der Waals surface area contributed by atoms with Crippen LogP contribution in [-0.4, -0.2) is 16.8 Å². The fraction of sp³-hybridized carbons (Fsp3) is 0.0714. The second-order valence-electron chi connectivity index (χ2n) is 4.27. The highest BCUT2D eigenvalue weighted by molar-refractivity contribution is 6.04. The Kier molecular flexibility index (Phi) is 4.13. The molecule has 2 aromatic rings. The average molecular weight is 289 g/mol. The van der Waals surface area contributed by atoms with Crippen LogP contribution in [0.1, 0.15) is 17.3 Å². The summed E-state index contributed by atoms with van der Waals surface area (Å²) in [5.41, 5.74) is 0.0292. The minimum Gasteiger partial charge on any atom is -0.329 e. The molecule has 0 bridgehead atoms. The highest BCUT2D eigenvalue weighted by Crippen LogP contribution is 2.20. The Hall–Kier alpha value is -2.96. The number of aromatic nitrogens is 1. The van der Waals surface area contributed by atoms with Crippen molar-refractivity contribution in [2.75, 3.05) is 10.6 Å². The first-order valence-corrected chi connectivity index (χ1v) is 6.03. The summed E-state index contributed by atoms with van der Waals surface area (Å²) in [6.07, 6.45) is 1.35. The second-order valence-corrected chi connectivity index (χ2v) is 4.27. The number of halogens is 1. The van der Waals surface area contributed by atoms with Crippen LogP contribution in [0.3, 0.4) is 0 Å². The third-order valence-electron chi connectivity index (χ3n) is 2.57. The smallest absolute Gasteiger partial charge is 0.255 e. The zero-order valence-electron chi connectivity index (χ0n) is 11.1. The normalized spacial score (nSPS) is 10.0. The van der Waals surface area contributed by atoms with Crippen LogP contribution in [0.4, 0.5) is 15.8 Å². The number of amides is 2. The van der Waals surface area contributed by atoms with Gasteiger partial charge in [-0.25, -0.2) is 4.39 Å². The third kappa shape index (κ3) is 3.75. The van der Waals surface area contributed by atoms with Gasteiger partial charge in [0.15, 0.2) is 0 Å². The SMILES string of the molecule is CC(=O)Nc1cc(NC(=O)c2cc[nH]c(=O)c2)ccc1F. The van der Waals surface area contributed by atoms with Gasteiger partial charge in [0.2, 0.25) is 11.5 Å². The molecule has 1 aromatic carbocycles. The molecule has 0 saturated carbocycles. The Balaban J connectivity index is 2.21. The first kappa shape index (κ1) is 14.4. The van der Waals surface area contributed by atoms with E-state index in [2.05, 4.69) is 15.6 Å². The third-order valence-corrected chi connectivity index (χ3v) is 2.57. The molecule has 3 N–H and O–H groups in total. The van der Waals surface area contributed by atoms with Crippen molar-refractivity contribution in [3.8, 4) is 0 Å². The van der Waals surface area contributed by atoms with Crippen molar-refractivity contribution in [3.05, 3.63) is 58.3 Å². The number of pyridine rings is 1. The van der Waals surface area contributed by atoms with Crippen LogP contribution in [0, 0.1) is 5.82 Å². The second kappa shape index (κ2) is 6.00. The molecule has 2 amide bonds. The van der Waals surface area contributed by atoms with Crippen molar-refractivity contribution in [1.29, 1.82) is 0 Å². The maximum Gasteiger partial charge on any atom is 0.255 e. The van der Waals surface area contributed by atoms with Gasteiger partial charge >= 0.3 is 0 Å². The van der Waals surface area contributed by atoms with Gasteiger partial charge in [-0.2, -0.15) is 0 Å². The summed E-state index contributed by atoms with van der Waals surface area (Å²) < 4.78 is 13.5. The van der Waals surface area contributed by atoms with Gasteiger partial charge in [-0.05, 0) is 24.3 Å². The van der Waals surface area contributed by atoms with E-state index in [1.165, 1.54) is 31.3 Å². The molecular weight excluding hydrogens is 277 g/mol. The predicted octanol–water partition coefficient (Wildman–Crippen LogP) is 1.72. The van der Waals surface area contributed by atoms with Gasteiger partial charge in [0, 0.05) is 30.4 Å². The standard InChI is InChI=1S/C14H12FN3O3/c1-8(19)17-12-7-10(2-3-11(12)15)18-14(21)9-4-5-16-13(20)6-9/h2-7H,1H3,(H,16,20)(H,17,19)(H,18,21).